The average molecular weight is 333 g/mol. The smallest absolute Gasteiger partial charge is 0.273 e. The van der Waals surface area contributed by atoms with Crippen molar-refractivity contribution < 1.29 is 4.79 Å². The second-order valence-corrected chi connectivity index (χ2v) is 7.05. The molecule has 2 aromatic carbocycles. The van der Waals surface area contributed by atoms with Crippen molar-refractivity contribution in [2.24, 2.45) is 4.99 Å². The molecule has 4 rings (SSSR count). The van der Waals surface area contributed by atoms with Crippen LogP contribution in [0.4, 0.5) is 5.69 Å². The Balaban J connectivity index is 1.50. The third-order valence-electron chi connectivity index (χ3n) is 5.39. The number of carbonyl (C=O) groups is 1. The van der Waals surface area contributed by atoms with Crippen LogP contribution in [0.25, 0.3) is 0 Å². The number of aliphatic imine (C=N–C) groups is 1. The summed E-state index contributed by atoms with van der Waals surface area (Å²) in [6.45, 7) is 4.83. The summed E-state index contributed by atoms with van der Waals surface area (Å²) >= 11 is 0. The number of carbonyl (C=O) groups excluding carboxylic acids is 1. The van der Waals surface area contributed by atoms with E-state index < -0.39 is 5.54 Å². The van der Waals surface area contributed by atoms with Crippen LogP contribution in [0, 0.1) is 6.92 Å². The molecule has 128 valence electrons. The highest BCUT2D eigenvalue weighted by Crippen LogP contribution is 2.36. The summed E-state index contributed by atoms with van der Waals surface area (Å²) in [5, 5.41) is 0. The fourth-order valence-electron chi connectivity index (χ4n) is 3.84. The van der Waals surface area contributed by atoms with Crippen LogP contribution in [0.15, 0.2) is 59.6 Å². The normalized spacial score (nSPS) is 19.7. The lowest BCUT2D eigenvalue weighted by Gasteiger charge is -2.43. The van der Waals surface area contributed by atoms with Crippen molar-refractivity contribution in [2.45, 2.75) is 31.8 Å². The summed E-state index contributed by atoms with van der Waals surface area (Å²) in [4.78, 5) is 21.3. The van der Waals surface area contributed by atoms with Crippen LogP contribution in [0.3, 0.4) is 0 Å². The van der Waals surface area contributed by atoms with Crippen molar-refractivity contribution in [2.75, 3.05) is 18.0 Å². The number of nitrogens with zero attached hydrogens (tertiary/aromatic N) is 3. The number of amides is 1. The summed E-state index contributed by atoms with van der Waals surface area (Å²) in [6, 6.07) is 18.9. The molecule has 2 aromatic rings. The molecule has 0 unspecified atom stereocenters. The Morgan fingerprint density at radius 2 is 1.68 bits per heavy atom. The summed E-state index contributed by atoms with van der Waals surface area (Å²) in [5.74, 6) is 0.00689. The monoisotopic (exact) mass is 333 g/mol. The molecule has 0 radical (unpaired) electrons. The van der Waals surface area contributed by atoms with Crippen molar-refractivity contribution in [3.05, 3.63) is 65.7 Å². The molecule has 2 aliphatic rings. The standard InChI is InChI=1S/C21H23N3O/c1-17-7-9-19(10-8-17)24-16-22-20(25)21(24)11-13-23(14-12-21)15-18-5-3-2-4-6-18/h2-10,16H,11-15H2,1H3. The minimum Gasteiger partial charge on any atom is -0.317 e. The van der Waals surface area contributed by atoms with Gasteiger partial charge >= 0.3 is 0 Å². The van der Waals surface area contributed by atoms with E-state index in [2.05, 4.69) is 70.2 Å². The second-order valence-electron chi connectivity index (χ2n) is 7.05. The first-order valence-electron chi connectivity index (χ1n) is 8.88. The number of benzene rings is 2. The zero-order valence-electron chi connectivity index (χ0n) is 14.6. The van der Waals surface area contributed by atoms with Gasteiger partial charge in [0.15, 0.2) is 0 Å². The molecule has 4 nitrogen and oxygen atoms in total. The molecule has 25 heavy (non-hydrogen) atoms. The lowest BCUT2D eigenvalue weighted by Crippen LogP contribution is -2.56. The van der Waals surface area contributed by atoms with Crippen molar-refractivity contribution in [1.82, 2.24) is 4.90 Å². The highest BCUT2D eigenvalue weighted by Gasteiger charge is 2.49. The van der Waals surface area contributed by atoms with Crippen LogP contribution in [-0.4, -0.2) is 35.8 Å². The topological polar surface area (TPSA) is 35.9 Å². The molecule has 0 atom stereocenters. The fraction of sp³-hybridized carbons (Fsp3) is 0.333. The summed E-state index contributed by atoms with van der Waals surface area (Å²) < 4.78 is 0. The van der Waals surface area contributed by atoms with Crippen molar-refractivity contribution >= 4 is 17.9 Å². The van der Waals surface area contributed by atoms with Gasteiger partial charge < -0.3 is 4.90 Å². The number of piperidine rings is 1. The zero-order valence-corrected chi connectivity index (χ0v) is 14.6. The van der Waals surface area contributed by atoms with Gasteiger partial charge in [-0.1, -0.05) is 48.0 Å². The van der Waals surface area contributed by atoms with Gasteiger partial charge in [0.25, 0.3) is 5.91 Å². The lowest BCUT2D eigenvalue weighted by molar-refractivity contribution is -0.123. The third-order valence-corrected chi connectivity index (χ3v) is 5.39. The Labute approximate surface area is 148 Å². The van der Waals surface area contributed by atoms with E-state index in [-0.39, 0.29) is 5.91 Å². The van der Waals surface area contributed by atoms with Gasteiger partial charge in [-0.15, -0.1) is 0 Å². The van der Waals surface area contributed by atoms with E-state index >= 15 is 0 Å². The molecule has 0 saturated carbocycles. The van der Waals surface area contributed by atoms with Crippen LogP contribution >= 0.6 is 0 Å². The molecule has 1 amide bonds. The van der Waals surface area contributed by atoms with Gasteiger partial charge in [0.2, 0.25) is 0 Å². The predicted octanol–water partition coefficient (Wildman–Crippen LogP) is 3.40. The summed E-state index contributed by atoms with van der Waals surface area (Å²) in [6.07, 6.45) is 3.35. The Kier molecular flexibility index (Phi) is 4.14. The SMILES string of the molecule is Cc1ccc(N2C=NC(=O)C23CCN(Cc2ccccc2)CC3)cc1. The minimum absolute atomic E-state index is 0.00689. The van der Waals surface area contributed by atoms with E-state index in [0.717, 1.165) is 38.2 Å². The molecule has 0 aliphatic carbocycles. The Bertz CT molecular complexity index is 775. The number of hydrogen-bond donors (Lipinski definition) is 0. The highest BCUT2D eigenvalue weighted by atomic mass is 16.2. The van der Waals surface area contributed by atoms with E-state index in [4.69, 9.17) is 0 Å². The molecule has 4 heteroatoms. The van der Waals surface area contributed by atoms with Gasteiger partial charge in [-0.3, -0.25) is 9.69 Å². The van der Waals surface area contributed by atoms with Crippen LogP contribution < -0.4 is 4.90 Å². The Morgan fingerprint density at radius 3 is 2.36 bits per heavy atom. The van der Waals surface area contributed by atoms with Gasteiger partial charge in [0, 0.05) is 25.3 Å². The summed E-state index contributed by atoms with van der Waals surface area (Å²) in [5.41, 5.74) is 3.10. The lowest BCUT2D eigenvalue weighted by atomic mass is 9.85. The van der Waals surface area contributed by atoms with Gasteiger partial charge in [-0.05, 0) is 37.5 Å². The van der Waals surface area contributed by atoms with Crippen LogP contribution in [0.5, 0.6) is 0 Å². The summed E-state index contributed by atoms with van der Waals surface area (Å²) in [7, 11) is 0. The van der Waals surface area contributed by atoms with E-state index in [0.29, 0.717) is 0 Å². The quantitative estimate of drug-likeness (QED) is 0.864. The van der Waals surface area contributed by atoms with E-state index in [1.807, 2.05) is 6.07 Å². The zero-order chi connectivity index (χ0) is 17.3. The Hall–Kier alpha value is -2.46. The van der Waals surface area contributed by atoms with Crippen LogP contribution in [0.2, 0.25) is 0 Å². The van der Waals surface area contributed by atoms with Gasteiger partial charge in [0.1, 0.15) is 5.54 Å². The average Bonchev–Trinajstić information content (AvgIpc) is 2.95. The van der Waals surface area contributed by atoms with Crippen molar-refractivity contribution in [3.8, 4) is 0 Å². The number of aryl methyl sites for hydroxylation is 1. The molecule has 1 saturated heterocycles. The molecular formula is C21H23N3O. The maximum atomic E-state index is 12.6. The molecule has 1 spiro atoms. The maximum absolute atomic E-state index is 12.6. The maximum Gasteiger partial charge on any atom is 0.273 e. The molecule has 2 heterocycles. The second kappa shape index (κ2) is 6.45. The fourth-order valence-corrected chi connectivity index (χ4v) is 3.84. The van der Waals surface area contributed by atoms with E-state index in [1.54, 1.807) is 6.34 Å². The number of rotatable bonds is 3. The number of anilines is 1. The molecule has 0 aromatic heterocycles. The van der Waals surface area contributed by atoms with Gasteiger partial charge in [-0.25, -0.2) is 4.99 Å². The minimum atomic E-state index is -0.498. The number of hydrogen-bond acceptors (Lipinski definition) is 3. The third kappa shape index (κ3) is 2.98. The first kappa shape index (κ1) is 16.0. The predicted molar refractivity (Wildman–Crippen MR) is 101 cm³/mol. The van der Waals surface area contributed by atoms with Crippen molar-refractivity contribution in [3.63, 3.8) is 0 Å². The molecular weight excluding hydrogens is 310 g/mol. The van der Waals surface area contributed by atoms with Crippen LogP contribution in [0.1, 0.15) is 24.0 Å². The molecule has 2 aliphatic heterocycles. The first-order valence-corrected chi connectivity index (χ1v) is 8.88. The van der Waals surface area contributed by atoms with Crippen molar-refractivity contribution in [1.29, 1.82) is 0 Å². The van der Waals surface area contributed by atoms with E-state index in [9.17, 15) is 4.79 Å². The van der Waals surface area contributed by atoms with E-state index in [1.165, 1.54) is 11.1 Å². The van der Waals surface area contributed by atoms with Gasteiger partial charge in [-0.2, -0.15) is 0 Å². The van der Waals surface area contributed by atoms with Gasteiger partial charge in [0.05, 0.1) is 6.34 Å². The Morgan fingerprint density at radius 1 is 1.00 bits per heavy atom. The van der Waals surface area contributed by atoms with Crippen LogP contribution in [-0.2, 0) is 11.3 Å². The largest absolute Gasteiger partial charge is 0.317 e. The molecule has 1 fully saturated rings. The molecule has 0 N–H and O–H groups in total. The first-order chi connectivity index (χ1) is 12.2. The number of likely N-dealkylation sites (tertiary alicyclic amines) is 1. The molecule has 0 bridgehead atoms. The highest BCUT2D eigenvalue weighted by molar-refractivity contribution is 6.08.